The number of rotatable bonds is 5. The molecule has 8 heteroatoms. The van der Waals surface area contributed by atoms with Crippen LogP contribution in [0.5, 0.6) is 11.5 Å². The highest BCUT2D eigenvalue weighted by molar-refractivity contribution is 7.17. The molecule has 0 bridgehead atoms. The molecule has 110 valence electrons. The van der Waals surface area contributed by atoms with Gasteiger partial charge in [-0.2, -0.15) is 0 Å². The van der Waals surface area contributed by atoms with Crippen LogP contribution in [0.4, 0.5) is 10.7 Å². The van der Waals surface area contributed by atoms with Crippen molar-refractivity contribution >= 4 is 27.9 Å². The van der Waals surface area contributed by atoms with Gasteiger partial charge in [-0.3, -0.25) is 14.9 Å². The van der Waals surface area contributed by atoms with Gasteiger partial charge in [-0.05, 0) is 6.07 Å². The number of methoxy groups -OCH3 is 2. The molecule has 0 aliphatic rings. The summed E-state index contributed by atoms with van der Waals surface area (Å²) in [7, 11) is 3.01. The van der Waals surface area contributed by atoms with Crippen LogP contribution >= 0.6 is 11.3 Å². The van der Waals surface area contributed by atoms with E-state index in [4.69, 9.17) is 9.47 Å². The average Bonchev–Trinajstić information content (AvgIpc) is 2.97. The lowest BCUT2D eigenvalue weighted by Gasteiger charge is -2.09. The second-order valence-corrected chi connectivity index (χ2v) is 5.01. The van der Waals surface area contributed by atoms with Crippen LogP contribution in [0.3, 0.4) is 0 Å². The maximum atomic E-state index is 12.0. The van der Waals surface area contributed by atoms with Gasteiger partial charge in [0.25, 0.3) is 5.91 Å². The zero-order valence-electron chi connectivity index (χ0n) is 11.3. The third kappa shape index (κ3) is 3.48. The van der Waals surface area contributed by atoms with Crippen LogP contribution in [0.2, 0.25) is 0 Å². The van der Waals surface area contributed by atoms with Crippen LogP contribution in [0, 0.1) is 10.1 Å². The van der Waals surface area contributed by atoms with Gasteiger partial charge in [0, 0.05) is 30.0 Å². The number of amides is 1. The summed E-state index contributed by atoms with van der Waals surface area (Å²) in [6, 6.07) is 7.64. The molecule has 21 heavy (non-hydrogen) atoms. The van der Waals surface area contributed by atoms with Gasteiger partial charge in [0.05, 0.1) is 24.0 Å². The Morgan fingerprint density at radius 3 is 2.29 bits per heavy atom. The number of anilines is 1. The fourth-order valence-corrected chi connectivity index (χ4v) is 2.34. The Bertz CT molecular complexity index is 661. The van der Waals surface area contributed by atoms with Crippen molar-refractivity contribution in [3.05, 3.63) is 45.3 Å². The summed E-state index contributed by atoms with van der Waals surface area (Å²) in [6.07, 6.45) is 0. The molecule has 0 fully saturated rings. The molecular weight excluding hydrogens is 296 g/mol. The van der Waals surface area contributed by atoms with E-state index in [1.807, 2.05) is 0 Å². The summed E-state index contributed by atoms with van der Waals surface area (Å²) in [6.45, 7) is 0. The summed E-state index contributed by atoms with van der Waals surface area (Å²) < 4.78 is 10.2. The standard InChI is InChI=1S/C13H12N2O5S/c1-19-9-5-8(6-10(7-9)20-2)14-13(16)11-3-4-12(21-11)15(17)18/h3-7H,1-2H3,(H,14,16). The molecule has 2 aromatic rings. The summed E-state index contributed by atoms with van der Waals surface area (Å²) in [5.74, 6) is 0.632. The molecule has 0 atom stereocenters. The molecular formula is C13H12N2O5S. The Labute approximate surface area is 124 Å². The topological polar surface area (TPSA) is 90.7 Å². The van der Waals surface area contributed by atoms with Gasteiger partial charge in [0.2, 0.25) is 0 Å². The quantitative estimate of drug-likeness (QED) is 0.677. The van der Waals surface area contributed by atoms with Crippen molar-refractivity contribution in [1.82, 2.24) is 0 Å². The van der Waals surface area contributed by atoms with Crippen molar-refractivity contribution in [2.45, 2.75) is 0 Å². The molecule has 1 aromatic heterocycles. The lowest BCUT2D eigenvalue weighted by molar-refractivity contribution is -0.380. The summed E-state index contributed by atoms with van der Waals surface area (Å²) >= 11 is 0.815. The molecule has 0 aliphatic carbocycles. The smallest absolute Gasteiger partial charge is 0.324 e. The molecule has 1 N–H and O–H groups in total. The van der Waals surface area contributed by atoms with Gasteiger partial charge >= 0.3 is 5.00 Å². The second kappa shape index (κ2) is 6.23. The highest BCUT2D eigenvalue weighted by atomic mass is 32.1. The Hall–Kier alpha value is -2.61. The zero-order valence-corrected chi connectivity index (χ0v) is 12.1. The molecule has 1 amide bonds. The first kappa shape index (κ1) is 14.8. The summed E-state index contributed by atoms with van der Waals surface area (Å²) in [5, 5.41) is 13.2. The number of hydrogen-bond donors (Lipinski definition) is 1. The number of thiophene rings is 1. The van der Waals surface area contributed by atoms with Crippen molar-refractivity contribution < 1.29 is 19.2 Å². The van der Waals surface area contributed by atoms with Crippen molar-refractivity contribution in [2.75, 3.05) is 19.5 Å². The normalized spacial score (nSPS) is 10.0. The molecule has 0 saturated heterocycles. The number of carbonyl (C=O) groups is 1. The third-order valence-corrected chi connectivity index (χ3v) is 3.64. The number of nitrogens with one attached hydrogen (secondary N) is 1. The fraction of sp³-hybridized carbons (Fsp3) is 0.154. The van der Waals surface area contributed by atoms with Crippen molar-refractivity contribution in [1.29, 1.82) is 0 Å². The number of ether oxygens (including phenoxy) is 2. The van der Waals surface area contributed by atoms with E-state index >= 15 is 0 Å². The van der Waals surface area contributed by atoms with Crippen LogP contribution in [-0.2, 0) is 0 Å². The number of nitro groups is 1. The zero-order chi connectivity index (χ0) is 15.4. The predicted molar refractivity (Wildman–Crippen MR) is 78.5 cm³/mol. The van der Waals surface area contributed by atoms with E-state index in [-0.39, 0.29) is 9.88 Å². The van der Waals surface area contributed by atoms with E-state index in [0.717, 1.165) is 11.3 Å². The van der Waals surface area contributed by atoms with Crippen LogP contribution < -0.4 is 14.8 Å². The first-order valence-corrected chi connectivity index (χ1v) is 6.64. The molecule has 2 rings (SSSR count). The lowest BCUT2D eigenvalue weighted by Crippen LogP contribution is -2.10. The van der Waals surface area contributed by atoms with E-state index in [0.29, 0.717) is 17.2 Å². The first-order chi connectivity index (χ1) is 10.0. The van der Waals surface area contributed by atoms with Gasteiger partial charge in [-0.25, -0.2) is 0 Å². The van der Waals surface area contributed by atoms with Crippen molar-refractivity contribution in [3.63, 3.8) is 0 Å². The molecule has 1 heterocycles. The fourth-order valence-electron chi connectivity index (χ4n) is 1.62. The van der Waals surface area contributed by atoms with Crippen LogP contribution in [0.15, 0.2) is 30.3 Å². The Balaban J connectivity index is 2.20. The SMILES string of the molecule is COc1cc(NC(=O)c2ccc([N+](=O)[O-])s2)cc(OC)c1. The van der Waals surface area contributed by atoms with Crippen molar-refractivity contribution in [2.24, 2.45) is 0 Å². The summed E-state index contributed by atoms with van der Waals surface area (Å²) in [5.41, 5.74) is 0.479. The highest BCUT2D eigenvalue weighted by Gasteiger charge is 2.15. The minimum atomic E-state index is -0.532. The van der Waals surface area contributed by atoms with E-state index in [1.54, 1.807) is 18.2 Å². The largest absolute Gasteiger partial charge is 0.497 e. The van der Waals surface area contributed by atoms with Gasteiger partial charge in [0.15, 0.2) is 0 Å². The monoisotopic (exact) mass is 308 g/mol. The number of benzene rings is 1. The van der Waals surface area contributed by atoms with Crippen molar-refractivity contribution in [3.8, 4) is 11.5 Å². The maximum Gasteiger partial charge on any atom is 0.324 e. The van der Waals surface area contributed by atoms with Gasteiger partial charge in [-0.1, -0.05) is 11.3 Å². The van der Waals surface area contributed by atoms with E-state index in [9.17, 15) is 14.9 Å². The van der Waals surface area contributed by atoms with Gasteiger partial charge in [0.1, 0.15) is 11.5 Å². The number of nitrogens with zero attached hydrogens (tertiary/aromatic N) is 1. The van der Waals surface area contributed by atoms with Crippen LogP contribution in [0.1, 0.15) is 9.67 Å². The second-order valence-electron chi connectivity index (χ2n) is 3.95. The molecule has 0 spiro atoms. The van der Waals surface area contributed by atoms with Gasteiger partial charge in [-0.15, -0.1) is 0 Å². The van der Waals surface area contributed by atoms with Gasteiger partial charge < -0.3 is 14.8 Å². The van der Waals surface area contributed by atoms with E-state index < -0.39 is 10.8 Å². The molecule has 0 unspecified atom stereocenters. The highest BCUT2D eigenvalue weighted by Crippen LogP contribution is 2.28. The van der Waals surface area contributed by atoms with E-state index in [2.05, 4.69) is 5.32 Å². The molecule has 7 nitrogen and oxygen atoms in total. The molecule has 0 aliphatic heterocycles. The Morgan fingerprint density at radius 2 is 1.81 bits per heavy atom. The minimum Gasteiger partial charge on any atom is -0.497 e. The third-order valence-electron chi connectivity index (χ3n) is 2.60. The van der Waals surface area contributed by atoms with Crippen LogP contribution in [0.25, 0.3) is 0 Å². The Kier molecular flexibility index (Phi) is 4.39. The number of hydrogen-bond acceptors (Lipinski definition) is 6. The number of carbonyl (C=O) groups excluding carboxylic acids is 1. The van der Waals surface area contributed by atoms with Crippen LogP contribution in [-0.4, -0.2) is 25.1 Å². The molecule has 0 saturated carbocycles. The minimum absolute atomic E-state index is 0.0802. The average molecular weight is 308 g/mol. The predicted octanol–water partition coefficient (Wildman–Crippen LogP) is 2.93. The van der Waals surface area contributed by atoms with E-state index in [1.165, 1.54) is 26.4 Å². The molecule has 1 aromatic carbocycles. The maximum absolute atomic E-state index is 12.0. The lowest BCUT2D eigenvalue weighted by atomic mass is 10.2. The molecule has 0 radical (unpaired) electrons. The first-order valence-electron chi connectivity index (χ1n) is 5.82. The summed E-state index contributed by atoms with van der Waals surface area (Å²) in [4.78, 5) is 22.4. The Morgan fingerprint density at radius 1 is 1.19 bits per heavy atom.